The van der Waals surface area contributed by atoms with Gasteiger partial charge in [-0.1, -0.05) is 12.1 Å². The van der Waals surface area contributed by atoms with Gasteiger partial charge in [-0.3, -0.25) is 14.5 Å². The number of hydrogen-bond acceptors (Lipinski definition) is 5. The van der Waals surface area contributed by atoms with E-state index >= 15 is 0 Å². The third-order valence-corrected chi connectivity index (χ3v) is 7.15. The molecule has 2 aliphatic heterocycles. The average Bonchev–Trinajstić information content (AvgIpc) is 3.42. The fourth-order valence-electron chi connectivity index (χ4n) is 3.93. The highest BCUT2D eigenvalue weighted by atomic mass is 32.1. The summed E-state index contributed by atoms with van der Waals surface area (Å²) in [6.45, 7) is 5.73. The molecule has 144 valence electrons. The molecule has 2 amide bonds. The van der Waals surface area contributed by atoms with Crippen LogP contribution in [0.1, 0.15) is 27.4 Å². The van der Waals surface area contributed by atoms with Crippen LogP contribution in [0, 0.1) is 5.92 Å². The van der Waals surface area contributed by atoms with Crippen LogP contribution in [0.4, 0.5) is 0 Å². The first kappa shape index (κ1) is 18.7. The van der Waals surface area contributed by atoms with E-state index in [1.54, 1.807) is 11.3 Å². The molecule has 0 spiro atoms. The van der Waals surface area contributed by atoms with Crippen molar-refractivity contribution in [3.8, 4) is 0 Å². The lowest BCUT2D eigenvalue weighted by atomic mass is 9.96. The molecule has 0 radical (unpaired) electrons. The largest absolute Gasteiger partial charge is 0.340 e. The monoisotopic (exact) mass is 403 g/mol. The molecule has 27 heavy (non-hydrogen) atoms. The fourth-order valence-corrected chi connectivity index (χ4v) is 5.36. The number of rotatable bonds is 4. The smallest absolute Gasteiger partial charge is 0.263 e. The summed E-state index contributed by atoms with van der Waals surface area (Å²) in [6.07, 6.45) is 1.80. The summed E-state index contributed by atoms with van der Waals surface area (Å²) in [5.41, 5.74) is 0. The van der Waals surface area contributed by atoms with Crippen molar-refractivity contribution < 1.29 is 9.59 Å². The molecule has 2 fully saturated rings. The molecule has 0 bridgehead atoms. The highest BCUT2D eigenvalue weighted by Crippen LogP contribution is 2.23. The molecule has 2 aromatic heterocycles. The van der Waals surface area contributed by atoms with Gasteiger partial charge < -0.3 is 9.80 Å². The van der Waals surface area contributed by atoms with Gasteiger partial charge >= 0.3 is 0 Å². The molecule has 0 aliphatic carbocycles. The molecule has 0 aromatic carbocycles. The minimum Gasteiger partial charge on any atom is -0.340 e. The van der Waals surface area contributed by atoms with Crippen LogP contribution in [0.3, 0.4) is 0 Å². The summed E-state index contributed by atoms with van der Waals surface area (Å²) in [7, 11) is 0. The number of likely N-dealkylation sites (tertiary alicyclic amines) is 1. The molecule has 1 unspecified atom stereocenters. The van der Waals surface area contributed by atoms with Gasteiger partial charge in [-0.15, -0.1) is 22.7 Å². The second-order valence-electron chi connectivity index (χ2n) is 7.25. The van der Waals surface area contributed by atoms with E-state index in [2.05, 4.69) is 22.4 Å². The topological polar surface area (TPSA) is 43.9 Å². The summed E-state index contributed by atoms with van der Waals surface area (Å²) < 4.78 is 0. The maximum atomic E-state index is 13.0. The normalized spacial score (nSPS) is 21.4. The van der Waals surface area contributed by atoms with E-state index in [1.165, 1.54) is 16.2 Å². The number of piperazine rings is 1. The molecule has 7 heteroatoms. The van der Waals surface area contributed by atoms with Crippen molar-refractivity contribution in [3.63, 3.8) is 0 Å². The summed E-state index contributed by atoms with van der Waals surface area (Å²) in [6, 6.07) is 8.03. The Morgan fingerprint density at radius 1 is 0.963 bits per heavy atom. The predicted molar refractivity (Wildman–Crippen MR) is 109 cm³/mol. The maximum absolute atomic E-state index is 13.0. The molecule has 2 aromatic rings. The van der Waals surface area contributed by atoms with Gasteiger partial charge in [-0.25, -0.2) is 0 Å². The average molecular weight is 404 g/mol. The molecular weight excluding hydrogens is 378 g/mol. The van der Waals surface area contributed by atoms with Gasteiger partial charge in [-0.05, 0) is 35.7 Å². The zero-order valence-electron chi connectivity index (χ0n) is 15.4. The van der Waals surface area contributed by atoms with Crippen molar-refractivity contribution in [1.82, 2.24) is 14.7 Å². The molecule has 4 heterocycles. The van der Waals surface area contributed by atoms with Crippen LogP contribution in [0.25, 0.3) is 0 Å². The Kier molecular flexibility index (Phi) is 5.90. The molecule has 2 saturated heterocycles. The lowest BCUT2D eigenvalue weighted by Gasteiger charge is -2.38. The van der Waals surface area contributed by atoms with Crippen molar-refractivity contribution in [2.24, 2.45) is 5.92 Å². The van der Waals surface area contributed by atoms with E-state index in [9.17, 15) is 9.59 Å². The van der Waals surface area contributed by atoms with Gasteiger partial charge in [0.25, 0.3) is 5.91 Å². The third kappa shape index (κ3) is 4.42. The van der Waals surface area contributed by atoms with Crippen LogP contribution in [0.5, 0.6) is 0 Å². The summed E-state index contributed by atoms with van der Waals surface area (Å²) >= 11 is 3.26. The molecular formula is C20H25N3O2S2. The van der Waals surface area contributed by atoms with E-state index in [0.29, 0.717) is 6.54 Å². The van der Waals surface area contributed by atoms with Crippen LogP contribution < -0.4 is 0 Å². The molecule has 5 nitrogen and oxygen atoms in total. The molecule has 0 N–H and O–H groups in total. The molecule has 1 atom stereocenters. The van der Waals surface area contributed by atoms with E-state index in [-0.39, 0.29) is 17.7 Å². The summed E-state index contributed by atoms with van der Waals surface area (Å²) in [4.78, 5) is 34.1. The van der Waals surface area contributed by atoms with Crippen LogP contribution in [-0.2, 0) is 11.3 Å². The van der Waals surface area contributed by atoms with Crippen molar-refractivity contribution in [3.05, 3.63) is 44.8 Å². The number of amides is 2. The highest BCUT2D eigenvalue weighted by molar-refractivity contribution is 7.12. The van der Waals surface area contributed by atoms with Crippen LogP contribution in [0.2, 0.25) is 0 Å². The van der Waals surface area contributed by atoms with Gasteiger partial charge in [0.15, 0.2) is 0 Å². The van der Waals surface area contributed by atoms with Crippen molar-refractivity contribution >= 4 is 34.5 Å². The van der Waals surface area contributed by atoms with Crippen LogP contribution in [0.15, 0.2) is 35.0 Å². The number of thiophene rings is 2. The third-order valence-electron chi connectivity index (χ3n) is 5.43. The first-order valence-corrected chi connectivity index (χ1v) is 11.3. The van der Waals surface area contributed by atoms with Crippen molar-refractivity contribution in [1.29, 1.82) is 0 Å². The molecule has 0 saturated carbocycles. The minimum atomic E-state index is -0.0495. The van der Waals surface area contributed by atoms with E-state index in [0.717, 1.165) is 57.0 Å². The van der Waals surface area contributed by atoms with E-state index in [1.807, 2.05) is 27.3 Å². The first-order valence-electron chi connectivity index (χ1n) is 9.57. The molecule has 2 aliphatic rings. The predicted octanol–water partition coefficient (Wildman–Crippen LogP) is 3.01. The quantitative estimate of drug-likeness (QED) is 0.788. The Morgan fingerprint density at radius 2 is 1.74 bits per heavy atom. The van der Waals surface area contributed by atoms with Crippen molar-refractivity contribution in [2.75, 3.05) is 39.3 Å². The SMILES string of the molecule is O=C(c1cccs1)N1CCCC(C(=O)N2CCN(Cc3cccs3)CC2)C1. The molecule has 4 rings (SSSR count). The van der Waals surface area contributed by atoms with E-state index < -0.39 is 0 Å². The fraction of sp³-hybridized carbons (Fsp3) is 0.500. The van der Waals surface area contributed by atoms with Gasteiger partial charge in [0.05, 0.1) is 10.8 Å². The van der Waals surface area contributed by atoms with Gasteiger partial charge in [0.1, 0.15) is 0 Å². The summed E-state index contributed by atoms with van der Waals surface area (Å²) in [5.74, 6) is 0.254. The Bertz CT molecular complexity index is 752. The number of hydrogen-bond donors (Lipinski definition) is 0. The lowest BCUT2D eigenvalue weighted by Crippen LogP contribution is -2.52. The second kappa shape index (κ2) is 8.54. The van der Waals surface area contributed by atoms with Crippen molar-refractivity contribution in [2.45, 2.75) is 19.4 Å². The number of carbonyl (C=O) groups excluding carboxylic acids is 2. The van der Waals surface area contributed by atoms with Gasteiger partial charge in [-0.2, -0.15) is 0 Å². The Balaban J connectivity index is 1.29. The standard InChI is InChI=1S/C20H25N3O2S2/c24-19(22-10-8-21(9-11-22)15-17-5-2-12-26-17)16-4-1-7-23(14-16)20(25)18-6-3-13-27-18/h2-3,5-6,12-13,16H,1,4,7-11,14-15H2. The Morgan fingerprint density at radius 3 is 2.44 bits per heavy atom. The summed E-state index contributed by atoms with van der Waals surface area (Å²) in [5, 5.41) is 4.04. The Labute approximate surface area is 168 Å². The zero-order valence-corrected chi connectivity index (χ0v) is 17.0. The van der Waals surface area contributed by atoms with Gasteiger partial charge in [0, 0.05) is 50.7 Å². The lowest BCUT2D eigenvalue weighted by molar-refractivity contribution is -0.138. The number of nitrogens with zero attached hydrogens (tertiary/aromatic N) is 3. The maximum Gasteiger partial charge on any atom is 0.263 e. The van der Waals surface area contributed by atoms with Crippen LogP contribution in [-0.4, -0.2) is 65.8 Å². The van der Waals surface area contributed by atoms with Crippen LogP contribution >= 0.6 is 22.7 Å². The van der Waals surface area contributed by atoms with Gasteiger partial charge in [0.2, 0.25) is 5.91 Å². The van der Waals surface area contributed by atoms with E-state index in [4.69, 9.17) is 0 Å². The zero-order chi connectivity index (χ0) is 18.6. The number of carbonyl (C=O) groups is 2. The second-order valence-corrected chi connectivity index (χ2v) is 9.23. The Hall–Kier alpha value is -1.70. The minimum absolute atomic E-state index is 0.0495. The first-order chi connectivity index (χ1) is 13.2. The number of piperidine rings is 1. The highest BCUT2D eigenvalue weighted by Gasteiger charge is 2.33.